The minimum absolute atomic E-state index is 0.0951. The van der Waals surface area contributed by atoms with E-state index in [2.05, 4.69) is 29.8 Å². The highest BCUT2D eigenvalue weighted by Crippen LogP contribution is 2.65. The van der Waals surface area contributed by atoms with E-state index in [1.54, 1.807) is 25.7 Å². The van der Waals surface area contributed by atoms with Gasteiger partial charge in [-0.05, 0) is 82.0 Å². The molecule has 5 fully saturated rings. The maximum Gasteiger partial charge on any atom is 0.336 e. The van der Waals surface area contributed by atoms with E-state index in [0.29, 0.717) is 31.7 Å². The van der Waals surface area contributed by atoms with Crippen molar-refractivity contribution in [2.24, 2.45) is 29.1 Å². The molecule has 0 aromatic carbocycles. The van der Waals surface area contributed by atoms with Crippen molar-refractivity contribution in [2.45, 2.75) is 153 Å². The van der Waals surface area contributed by atoms with Gasteiger partial charge in [0.05, 0.1) is 29.2 Å². The number of nitrogens with one attached hydrogen (secondary N) is 3. The minimum atomic E-state index is -3.55. The van der Waals surface area contributed by atoms with Gasteiger partial charge < -0.3 is 30.7 Å². The molecule has 4 N–H and O–H groups in total. The van der Waals surface area contributed by atoms with Gasteiger partial charge >= 0.3 is 12.0 Å². The second kappa shape index (κ2) is 14.3. The predicted molar refractivity (Wildman–Crippen MR) is 185 cm³/mol. The molecule has 4 unspecified atom stereocenters. The van der Waals surface area contributed by atoms with E-state index in [0.717, 1.165) is 64.2 Å². The monoisotopic (exact) mass is 708 g/mol. The SMILES string of the molecule is COC(=O)C(O)C(CC1CC1)NC(=O)[C@@H]1C2C(CN1C(=O)[C@@H](NC(=O)NC1(CS(=O)(=O)C(C)(C)C)CCCCC1)C1CCCCC1)C2(C)C. The standard InChI is InChI=1S/C36H60N4O8S/c1-34(2,3)49(46,47)21-36(17-11-8-12-18-36)39-33(45)38-27(23-13-9-7-10-14-23)31(43)40-20-24-26(35(24,4)5)28(40)30(42)37-25(19-22-15-16-22)29(41)32(44)48-6/h22-29,41H,7-21H2,1-6H3,(H,37,42)(H2,38,39,45)/t24?,25?,26?,27-,28-,29?/m0/s1. The number of esters is 1. The highest BCUT2D eigenvalue weighted by Gasteiger charge is 2.70. The number of fused-ring (bicyclic) bond motifs is 1. The Bertz CT molecular complexity index is 1360. The summed E-state index contributed by atoms with van der Waals surface area (Å²) in [6, 6.07) is -3.07. The Hall–Kier alpha value is -2.41. The largest absolute Gasteiger partial charge is 0.467 e. The maximum absolute atomic E-state index is 14.7. The molecule has 4 amide bonds. The molecule has 4 aliphatic carbocycles. The van der Waals surface area contributed by atoms with Crippen molar-refractivity contribution in [3.63, 3.8) is 0 Å². The molecule has 4 saturated carbocycles. The van der Waals surface area contributed by atoms with Gasteiger partial charge in [-0.15, -0.1) is 0 Å². The van der Waals surface area contributed by atoms with Gasteiger partial charge in [-0.1, -0.05) is 65.2 Å². The summed E-state index contributed by atoms with van der Waals surface area (Å²) >= 11 is 0. The maximum atomic E-state index is 14.7. The van der Waals surface area contributed by atoms with Gasteiger partial charge in [0, 0.05) is 6.54 Å². The average Bonchev–Trinajstić information content (AvgIpc) is 3.89. The minimum Gasteiger partial charge on any atom is -0.467 e. The summed E-state index contributed by atoms with van der Waals surface area (Å²) in [5, 5.41) is 19.8. The Balaban J connectivity index is 1.37. The quantitative estimate of drug-likeness (QED) is 0.224. The fourth-order valence-corrected chi connectivity index (χ4v) is 10.4. The fraction of sp³-hybridized carbons (Fsp3) is 0.889. The molecule has 278 valence electrons. The molecule has 1 aliphatic heterocycles. The number of carbonyl (C=O) groups excluding carboxylic acids is 4. The van der Waals surface area contributed by atoms with E-state index < -0.39 is 62.3 Å². The second-order valence-electron chi connectivity index (χ2n) is 17.3. The van der Waals surface area contributed by atoms with Gasteiger partial charge in [-0.2, -0.15) is 0 Å². The third kappa shape index (κ3) is 8.23. The summed E-state index contributed by atoms with van der Waals surface area (Å²) in [5.74, 6) is -1.49. The van der Waals surface area contributed by atoms with Gasteiger partial charge in [-0.3, -0.25) is 9.59 Å². The number of ether oxygens (including phenoxy) is 1. The third-order valence-corrected chi connectivity index (χ3v) is 15.3. The number of amides is 4. The molecular weight excluding hydrogens is 648 g/mol. The van der Waals surface area contributed by atoms with Gasteiger partial charge in [0.2, 0.25) is 11.8 Å². The van der Waals surface area contributed by atoms with Crippen molar-refractivity contribution in [3.8, 4) is 0 Å². The number of nitrogens with zero attached hydrogens (tertiary/aromatic N) is 1. The number of likely N-dealkylation sites (tertiary alicyclic amines) is 1. The molecule has 49 heavy (non-hydrogen) atoms. The van der Waals surface area contributed by atoms with Crippen LogP contribution < -0.4 is 16.0 Å². The van der Waals surface area contributed by atoms with Gasteiger partial charge in [-0.25, -0.2) is 18.0 Å². The molecule has 5 aliphatic rings. The third-order valence-electron chi connectivity index (χ3n) is 12.5. The summed E-state index contributed by atoms with van der Waals surface area (Å²) in [6.07, 6.45) is 8.97. The highest BCUT2D eigenvalue weighted by molar-refractivity contribution is 7.92. The van der Waals surface area contributed by atoms with Crippen molar-refractivity contribution in [3.05, 3.63) is 0 Å². The first-order valence-electron chi connectivity index (χ1n) is 18.6. The Morgan fingerprint density at radius 2 is 1.55 bits per heavy atom. The number of sulfone groups is 1. The fourth-order valence-electron chi connectivity index (χ4n) is 8.91. The van der Waals surface area contributed by atoms with Crippen LogP contribution in [0.5, 0.6) is 0 Å². The van der Waals surface area contributed by atoms with Crippen LogP contribution in [0.15, 0.2) is 0 Å². The first-order valence-corrected chi connectivity index (χ1v) is 20.2. The second-order valence-corrected chi connectivity index (χ2v) is 20.1. The van der Waals surface area contributed by atoms with E-state index in [4.69, 9.17) is 4.74 Å². The van der Waals surface area contributed by atoms with E-state index in [-0.39, 0.29) is 34.8 Å². The summed E-state index contributed by atoms with van der Waals surface area (Å²) < 4.78 is 30.5. The van der Waals surface area contributed by atoms with Crippen LogP contribution in [0.1, 0.15) is 118 Å². The van der Waals surface area contributed by atoms with Crippen LogP contribution in [0.2, 0.25) is 0 Å². The van der Waals surface area contributed by atoms with Crippen molar-refractivity contribution >= 4 is 33.7 Å². The van der Waals surface area contributed by atoms with E-state index in [9.17, 15) is 32.7 Å². The molecule has 5 rings (SSSR count). The Morgan fingerprint density at radius 3 is 2.12 bits per heavy atom. The van der Waals surface area contributed by atoms with E-state index in [1.807, 2.05) is 0 Å². The van der Waals surface area contributed by atoms with Crippen LogP contribution in [0.3, 0.4) is 0 Å². The van der Waals surface area contributed by atoms with Gasteiger partial charge in [0.25, 0.3) is 0 Å². The number of hydrogen-bond acceptors (Lipinski definition) is 8. The Kier molecular flexibility index (Phi) is 11.0. The van der Waals surface area contributed by atoms with Crippen LogP contribution in [0.25, 0.3) is 0 Å². The zero-order valence-corrected chi connectivity index (χ0v) is 31.2. The van der Waals surface area contributed by atoms with Crippen LogP contribution >= 0.6 is 0 Å². The zero-order chi connectivity index (χ0) is 35.9. The molecule has 0 aromatic rings. The summed E-state index contributed by atoms with van der Waals surface area (Å²) in [5.41, 5.74) is -1.09. The van der Waals surface area contributed by atoms with Crippen LogP contribution in [0.4, 0.5) is 4.79 Å². The first-order chi connectivity index (χ1) is 22.9. The number of urea groups is 1. The van der Waals surface area contributed by atoms with Crippen molar-refractivity contribution in [2.75, 3.05) is 19.4 Å². The molecular formula is C36H60N4O8S. The number of methoxy groups -OCH3 is 1. The number of hydrogen-bond donors (Lipinski definition) is 4. The lowest BCUT2D eigenvalue weighted by Crippen LogP contribution is -2.63. The summed E-state index contributed by atoms with van der Waals surface area (Å²) in [6.45, 7) is 9.59. The molecule has 0 radical (unpaired) electrons. The van der Waals surface area contributed by atoms with E-state index in [1.165, 1.54) is 7.11 Å². The molecule has 0 spiro atoms. The molecule has 1 saturated heterocycles. The first kappa shape index (κ1) is 37.8. The number of piperidine rings is 1. The summed E-state index contributed by atoms with van der Waals surface area (Å²) in [7, 11) is -2.35. The van der Waals surface area contributed by atoms with E-state index >= 15 is 0 Å². The number of aliphatic hydroxyl groups is 1. The highest BCUT2D eigenvalue weighted by atomic mass is 32.2. The summed E-state index contributed by atoms with van der Waals surface area (Å²) in [4.78, 5) is 56.6. The Labute approximate surface area is 292 Å². The van der Waals surface area contributed by atoms with Crippen molar-refractivity contribution < 1.29 is 37.4 Å². The number of rotatable bonds is 12. The molecule has 0 bridgehead atoms. The van der Waals surface area contributed by atoms with Gasteiger partial charge in [0.15, 0.2) is 15.9 Å². The lowest BCUT2D eigenvalue weighted by molar-refractivity contribution is -0.153. The molecule has 6 atom stereocenters. The molecule has 13 heteroatoms. The van der Waals surface area contributed by atoms with Crippen molar-refractivity contribution in [1.82, 2.24) is 20.9 Å². The number of aliphatic hydroxyl groups excluding tert-OH is 1. The van der Waals surface area contributed by atoms with Crippen LogP contribution in [-0.2, 0) is 29.0 Å². The van der Waals surface area contributed by atoms with Crippen LogP contribution in [0, 0.1) is 29.1 Å². The molecule has 12 nitrogen and oxygen atoms in total. The van der Waals surface area contributed by atoms with Crippen molar-refractivity contribution in [1.29, 1.82) is 0 Å². The normalized spacial score (nSPS) is 28.4. The number of carbonyl (C=O) groups is 4. The zero-order valence-electron chi connectivity index (χ0n) is 30.4. The van der Waals surface area contributed by atoms with Gasteiger partial charge in [0.1, 0.15) is 12.1 Å². The molecule has 1 heterocycles. The Morgan fingerprint density at radius 1 is 0.939 bits per heavy atom. The molecule has 0 aromatic heterocycles. The topological polar surface area (TPSA) is 171 Å². The average molecular weight is 709 g/mol. The van der Waals surface area contributed by atoms with Crippen LogP contribution in [-0.4, -0.2) is 96.2 Å². The smallest absolute Gasteiger partial charge is 0.336 e. The lowest BCUT2D eigenvalue weighted by Gasteiger charge is -2.41. The lowest BCUT2D eigenvalue weighted by atomic mass is 9.82. The predicted octanol–water partition coefficient (Wildman–Crippen LogP) is 3.45.